The molecule has 1 unspecified atom stereocenters. The third kappa shape index (κ3) is 4.11. The summed E-state index contributed by atoms with van der Waals surface area (Å²) in [7, 11) is 2.58. The van der Waals surface area contributed by atoms with Crippen LogP contribution < -0.4 is 5.32 Å². The van der Waals surface area contributed by atoms with Gasteiger partial charge in [-0.15, -0.1) is 0 Å². The van der Waals surface area contributed by atoms with Crippen LogP contribution in [0.4, 0.5) is 8.78 Å². The van der Waals surface area contributed by atoms with Crippen LogP contribution in [0.3, 0.4) is 0 Å². The maximum absolute atomic E-state index is 13.4. The summed E-state index contributed by atoms with van der Waals surface area (Å²) in [5, 5.41) is 2.38. The first-order valence-corrected chi connectivity index (χ1v) is 6.41. The van der Waals surface area contributed by atoms with Gasteiger partial charge in [0.25, 0.3) is 0 Å². The largest absolute Gasteiger partial charge is 0.466 e. The zero-order chi connectivity index (χ0) is 16.7. The SMILES string of the molecule is COC/C(NC=O)=C(\C(=O)OC)C(C)c1ccc(F)c(F)c1. The van der Waals surface area contributed by atoms with Crippen LogP contribution in [0.25, 0.3) is 0 Å². The summed E-state index contributed by atoms with van der Waals surface area (Å²) in [5.74, 6) is -3.34. The monoisotopic (exact) mass is 313 g/mol. The number of esters is 1. The van der Waals surface area contributed by atoms with Gasteiger partial charge in [-0.1, -0.05) is 13.0 Å². The van der Waals surface area contributed by atoms with Gasteiger partial charge in [-0.2, -0.15) is 0 Å². The first kappa shape index (κ1) is 17.8. The molecule has 0 aliphatic carbocycles. The molecule has 0 heterocycles. The van der Waals surface area contributed by atoms with Crippen LogP contribution >= 0.6 is 0 Å². The van der Waals surface area contributed by atoms with Crippen LogP contribution in [0.1, 0.15) is 18.4 Å². The number of hydrogen-bond donors (Lipinski definition) is 1. The summed E-state index contributed by atoms with van der Waals surface area (Å²) in [6.07, 6.45) is 0.398. The zero-order valence-corrected chi connectivity index (χ0v) is 12.5. The van der Waals surface area contributed by atoms with Gasteiger partial charge >= 0.3 is 5.97 Å². The lowest BCUT2D eigenvalue weighted by atomic mass is 9.91. The molecule has 0 aromatic heterocycles. The molecule has 0 bridgehead atoms. The van der Waals surface area contributed by atoms with E-state index in [0.717, 1.165) is 12.1 Å². The Bertz CT molecular complexity index is 587. The lowest BCUT2D eigenvalue weighted by Crippen LogP contribution is -2.24. The average molecular weight is 313 g/mol. The summed E-state index contributed by atoms with van der Waals surface area (Å²) in [6, 6.07) is 3.32. The van der Waals surface area contributed by atoms with Crippen molar-refractivity contribution in [3.63, 3.8) is 0 Å². The lowest BCUT2D eigenvalue weighted by Gasteiger charge is -2.19. The van der Waals surface area contributed by atoms with E-state index in [1.807, 2.05) is 0 Å². The van der Waals surface area contributed by atoms with Gasteiger partial charge in [0.2, 0.25) is 6.41 Å². The standard InChI is InChI=1S/C15H17F2NO4/c1-9(10-4-5-11(16)12(17)6-10)14(15(20)22-3)13(7-21-2)18-8-19/h4-6,8-9H,7H2,1-3H3,(H,18,19)/b14-13+. The highest BCUT2D eigenvalue weighted by Crippen LogP contribution is 2.28. The molecule has 0 radical (unpaired) electrons. The van der Waals surface area contributed by atoms with Crippen LogP contribution in [0.5, 0.6) is 0 Å². The van der Waals surface area contributed by atoms with E-state index >= 15 is 0 Å². The van der Waals surface area contributed by atoms with E-state index in [1.54, 1.807) is 6.92 Å². The van der Waals surface area contributed by atoms with E-state index in [4.69, 9.17) is 9.47 Å². The number of carbonyl (C=O) groups is 2. The first-order chi connectivity index (χ1) is 10.5. The molecule has 1 aromatic rings. The molecule has 5 nitrogen and oxygen atoms in total. The molecule has 0 saturated carbocycles. The van der Waals surface area contributed by atoms with Gasteiger partial charge in [-0.05, 0) is 17.7 Å². The number of amides is 1. The Morgan fingerprint density at radius 1 is 1.32 bits per heavy atom. The summed E-state index contributed by atoms with van der Waals surface area (Å²) < 4.78 is 36.1. The van der Waals surface area contributed by atoms with Gasteiger partial charge in [-0.25, -0.2) is 13.6 Å². The minimum Gasteiger partial charge on any atom is -0.466 e. The highest BCUT2D eigenvalue weighted by Gasteiger charge is 2.24. The number of ether oxygens (including phenoxy) is 2. The van der Waals surface area contributed by atoms with Gasteiger partial charge in [0.05, 0.1) is 25.0 Å². The fraction of sp³-hybridized carbons (Fsp3) is 0.333. The maximum atomic E-state index is 13.4. The summed E-state index contributed by atoms with van der Waals surface area (Å²) in [6.45, 7) is 1.57. The predicted molar refractivity (Wildman–Crippen MR) is 74.9 cm³/mol. The van der Waals surface area contributed by atoms with Gasteiger partial charge in [0, 0.05) is 13.0 Å². The van der Waals surface area contributed by atoms with Crippen molar-refractivity contribution in [2.24, 2.45) is 0 Å². The van der Waals surface area contributed by atoms with Crippen molar-refractivity contribution >= 4 is 12.4 Å². The molecule has 0 spiro atoms. The fourth-order valence-electron chi connectivity index (χ4n) is 2.03. The number of halogens is 2. The highest BCUT2D eigenvalue weighted by atomic mass is 19.2. The Morgan fingerprint density at radius 2 is 2.00 bits per heavy atom. The zero-order valence-electron chi connectivity index (χ0n) is 12.5. The smallest absolute Gasteiger partial charge is 0.336 e. The molecule has 7 heteroatoms. The van der Waals surface area contributed by atoms with Gasteiger partial charge in [0.1, 0.15) is 0 Å². The van der Waals surface area contributed by atoms with Crippen molar-refractivity contribution in [3.8, 4) is 0 Å². The second-order valence-corrected chi connectivity index (χ2v) is 4.47. The Labute approximate surface area is 126 Å². The molecule has 120 valence electrons. The number of benzene rings is 1. The van der Waals surface area contributed by atoms with Crippen molar-refractivity contribution < 1.29 is 27.8 Å². The Hall–Kier alpha value is -2.28. The lowest BCUT2D eigenvalue weighted by molar-refractivity contribution is -0.136. The Balaban J connectivity index is 3.36. The van der Waals surface area contributed by atoms with E-state index in [2.05, 4.69) is 5.32 Å². The normalized spacial score (nSPS) is 13.1. The third-order valence-electron chi connectivity index (χ3n) is 3.13. The van der Waals surface area contributed by atoms with Gasteiger partial charge < -0.3 is 14.8 Å². The molecular formula is C15H17F2NO4. The molecule has 0 aliphatic heterocycles. The van der Waals surface area contributed by atoms with E-state index in [0.29, 0.717) is 12.0 Å². The van der Waals surface area contributed by atoms with Crippen LogP contribution in [-0.4, -0.2) is 33.2 Å². The number of nitrogens with one attached hydrogen (secondary N) is 1. The Morgan fingerprint density at radius 3 is 2.50 bits per heavy atom. The van der Waals surface area contributed by atoms with Gasteiger partial charge in [-0.3, -0.25) is 4.79 Å². The van der Waals surface area contributed by atoms with Crippen LogP contribution in [0.15, 0.2) is 29.5 Å². The van der Waals surface area contributed by atoms with Crippen LogP contribution in [-0.2, 0) is 19.1 Å². The molecule has 1 amide bonds. The molecule has 1 rings (SSSR count). The molecule has 1 atom stereocenters. The van der Waals surface area contributed by atoms with Crippen molar-refractivity contribution in [2.75, 3.05) is 20.8 Å². The summed E-state index contributed by atoms with van der Waals surface area (Å²) in [5.41, 5.74) is 0.657. The van der Waals surface area contributed by atoms with E-state index in [9.17, 15) is 18.4 Å². The van der Waals surface area contributed by atoms with Crippen LogP contribution in [0.2, 0.25) is 0 Å². The molecule has 1 aromatic carbocycles. The van der Waals surface area contributed by atoms with Crippen molar-refractivity contribution in [1.29, 1.82) is 0 Å². The number of rotatable bonds is 7. The fourth-order valence-corrected chi connectivity index (χ4v) is 2.03. The molecule has 22 heavy (non-hydrogen) atoms. The molecule has 1 N–H and O–H groups in total. The predicted octanol–water partition coefficient (Wildman–Crippen LogP) is 1.89. The minimum absolute atomic E-state index is 0.0445. The van der Waals surface area contributed by atoms with E-state index in [-0.39, 0.29) is 17.9 Å². The highest BCUT2D eigenvalue weighted by molar-refractivity contribution is 5.91. The molecular weight excluding hydrogens is 296 g/mol. The van der Waals surface area contributed by atoms with E-state index < -0.39 is 23.5 Å². The number of methoxy groups -OCH3 is 2. The van der Waals surface area contributed by atoms with E-state index in [1.165, 1.54) is 20.3 Å². The molecule has 0 aliphatic rings. The van der Waals surface area contributed by atoms with Crippen molar-refractivity contribution in [3.05, 3.63) is 46.7 Å². The average Bonchev–Trinajstić information content (AvgIpc) is 2.50. The van der Waals surface area contributed by atoms with Crippen molar-refractivity contribution in [2.45, 2.75) is 12.8 Å². The molecule has 0 saturated heterocycles. The first-order valence-electron chi connectivity index (χ1n) is 6.41. The summed E-state index contributed by atoms with van der Waals surface area (Å²) in [4.78, 5) is 22.7. The number of hydrogen-bond acceptors (Lipinski definition) is 4. The topological polar surface area (TPSA) is 64.6 Å². The second-order valence-electron chi connectivity index (χ2n) is 4.47. The Kier molecular flexibility index (Phi) is 6.65. The van der Waals surface area contributed by atoms with Crippen LogP contribution in [0, 0.1) is 11.6 Å². The second kappa shape index (κ2) is 8.23. The summed E-state index contributed by atoms with van der Waals surface area (Å²) >= 11 is 0. The third-order valence-corrected chi connectivity index (χ3v) is 3.13. The van der Waals surface area contributed by atoms with Crippen molar-refractivity contribution in [1.82, 2.24) is 5.32 Å². The number of carbonyl (C=O) groups excluding carboxylic acids is 2. The maximum Gasteiger partial charge on any atom is 0.336 e. The van der Waals surface area contributed by atoms with Gasteiger partial charge in [0.15, 0.2) is 11.6 Å². The minimum atomic E-state index is -1.02. The quantitative estimate of drug-likeness (QED) is 0.474. The molecule has 0 fully saturated rings.